The van der Waals surface area contributed by atoms with E-state index in [0.29, 0.717) is 19.7 Å². The Balaban J connectivity index is 1.41. The summed E-state index contributed by atoms with van der Waals surface area (Å²) in [5.74, 6) is 2.32. The van der Waals surface area contributed by atoms with Crippen LogP contribution in [0.1, 0.15) is 0 Å². The number of nitrogens with zero attached hydrogens (tertiary/aromatic N) is 1. The van der Waals surface area contributed by atoms with Crippen LogP contribution in [0.2, 0.25) is 0 Å². The number of aliphatic hydroxyl groups is 1. The zero-order valence-electron chi connectivity index (χ0n) is 13.8. The monoisotopic (exact) mass is 329 g/mol. The molecule has 1 N–H and O–H groups in total. The molecule has 24 heavy (non-hydrogen) atoms. The van der Waals surface area contributed by atoms with Crippen molar-refractivity contribution in [1.82, 2.24) is 4.90 Å². The summed E-state index contributed by atoms with van der Waals surface area (Å²) in [6, 6.07) is 17.2. The van der Waals surface area contributed by atoms with Crippen molar-refractivity contribution in [3.63, 3.8) is 0 Å². The van der Waals surface area contributed by atoms with Crippen LogP contribution in [-0.4, -0.2) is 55.6 Å². The SMILES string of the molecule is CN(CC(O)COc1ccccc1)CC1COc2ccccc2O1. The zero-order valence-corrected chi connectivity index (χ0v) is 13.8. The summed E-state index contributed by atoms with van der Waals surface area (Å²) < 4.78 is 17.2. The van der Waals surface area contributed by atoms with Crippen molar-refractivity contribution in [2.45, 2.75) is 12.2 Å². The molecule has 0 radical (unpaired) electrons. The van der Waals surface area contributed by atoms with E-state index in [-0.39, 0.29) is 12.7 Å². The fourth-order valence-corrected chi connectivity index (χ4v) is 2.70. The molecule has 5 heteroatoms. The molecule has 1 heterocycles. The van der Waals surface area contributed by atoms with Crippen molar-refractivity contribution in [2.24, 2.45) is 0 Å². The first-order chi connectivity index (χ1) is 11.7. The molecule has 3 rings (SSSR count). The molecule has 1 aliphatic rings. The van der Waals surface area contributed by atoms with Gasteiger partial charge in [-0.15, -0.1) is 0 Å². The van der Waals surface area contributed by atoms with E-state index in [0.717, 1.165) is 17.2 Å². The molecule has 1 aliphatic heterocycles. The van der Waals surface area contributed by atoms with Crippen LogP contribution in [0.3, 0.4) is 0 Å². The molecule has 0 saturated heterocycles. The molecule has 2 aromatic rings. The first kappa shape index (κ1) is 16.6. The second-order valence-corrected chi connectivity index (χ2v) is 6.00. The number of ether oxygens (including phenoxy) is 3. The molecule has 128 valence electrons. The minimum absolute atomic E-state index is 0.0489. The van der Waals surface area contributed by atoms with Crippen molar-refractivity contribution >= 4 is 0 Å². The van der Waals surface area contributed by atoms with Crippen LogP contribution in [0.25, 0.3) is 0 Å². The highest BCUT2D eigenvalue weighted by Gasteiger charge is 2.22. The molecular formula is C19H23NO4. The second-order valence-electron chi connectivity index (χ2n) is 6.00. The van der Waals surface area contributed by atoms with E-state index in [1.807, 2.05) is 66.5 Å². The Bertz CT molecular complexity index is 634. The lowest BCUT2D eigenvalue weighted by atomic mass is 10.2. The van der Waals surface area contributed by atoms with Crippen molar-refractivity contribution in [2.75, 3.05) is 33.4 Å². The first-order valence-electron chi connectivity index (χ1n) is 8.13. The van der Waals surface area contributed by atoms with Crippen molar-refractivity contribution in [3.8, 4) is 17.2 Å². The van der Waals surface area contributed by atoms with Gasteiger partial charge >= 0.3 is 0 Å². The van der Waals surface area contributed by atoms with E-state index in [4.69, 9.17) is 14.2 Å². The molecule has 0 saturated carbocycles. The average Bonchev–Trinajstić information content (AvgIpc) is 2.60. The maximum absolute atomic E-state index is 10.1. The summed E-state index contributed by atoms with van der Waals surface area (Å²) >= 11 is 0. The van der Waals surface area contributed by atoms with Gasteiger partial charge < -0.3 is 19.3 Å². The second kappa shape index (κ2) is 8.04. The summed E-state index contributed by atoms with van der Waals surface area (Å²) in [5.41, 5.74) is 0. The van der Waals surface area contributed by atoms with Crippen LogP contribution in [0, 0.1) is 0 Å². The molecule has 0 bridgehead atoms. The highest BCUT2D eigenvalue weighted by atomic mass is 16.6. The molecule has 0 aromatic heterocycles. The Morgan fingerprint density at radius 2 is 1.83 bits per heavy atom. The van der Waals surface area contributed by atoms with Crippen LogP contribution in [0.5, 0.6) is 17.2 Å². The molecular weight excluding hydrogens is 306 g/mol. The highest BCUT2D eigenvalue weighted by Crippen LogP contribution is 2.30. The molecule has 0 amide bonds. The average molecular weight is 329 g/mol. The van der Waals surface area contributed by atoms with E-state index >= 15 is 0 Å². The summed E-state index contributed by atoms with van der Waals surface area (Å²) in [7, 11) is 1.95. The van der Waals surface area contributed by atoms with Crippen LogP contribution in [0.15, 0.2) is 54.6 Å². The Labute approximate surface area is 142 Å². The topological polar surface area (TPSA) is 51.2 Å². The fraction of sp³-hybridized carbons (Fsp3) is 0.368. The lowest BCUT2D eigenvalue weighted by molar-refractivity contribution is 0.0374. The number of benzene rings is 2. The smallest absolute Gasteiger partial charge is 0.161 e. The zero-order chi connectivity index (χ0) is 16.8. The Hall–Kier alpha value is -2.24. The van der Waals surface area contributed by atoms with Gasteiger partial charge in [0, 0.05) is 13.1 Å². The van der Waals surface area contributed by atoms with Crippen LogP contribution >= 0.6 is 0 Å². The number of para-hydroxylation sites is 3. The van der Waals surface area contributed by atoms with E-state index in [1.165, 1.54) is 0 Å². The minimum Gasteiger partial charge on any atom is -0.491 e. The quantitative estimate of drug-likeness (QED) is 0.844. The fourth-order valence-electron chi connectivity index (χ4n) is 2.70. The van der Waals surface area contributed by atoms with Gasteiger partial charge in [-0.2, -0.15) is 0 Å². The van der Waals surface area contributed by atoms with Crippen molar-refractivity contribution in [1.29, 1.82) is 0 Å². The van der Waals surface area contributed by atoms with Gasteiger partial charge in [-0.25, -0.2) is 0 Å². The summed E-state index contributed by atoms with van der Waals surface area (Å²) in [6.07, 6.45) is -0.612. The van der Waals surface area contributed by atoms with Gasteiger partial charge in [0.05, 0.1) is 0 Å². The van der Waals surface area contributed by atoms with Gasteiger partial charge in [0.15, 0.2) is 11.5 Å². The maximum atomic E-state index is 10.1. The lowest BCUT2D eigenvalue weighted by Gasteiger charge is -2.30. The summed E-state index contributed by atoms with van der Waals surface area (Å²) in [5, 5.41) is 10.1. The van der Waals surface area contributed by atoms with Gasteiger partial charge in [0.2, 0.25) is 0 Å². The normalized spacial score (nSPS) is 17.5. The van der Waals surface area contributed by atoms with Gasteiger partial charge in [-0.1, -0.05) is 30.3 Å². The van der Waals surface area contributed by atoms with Crippen molar-refractivity contribution in [3.05, 3.63) is 54.6 Å². The standard InChI is InChI=1S/C19H23NO4/c1-20(11-15(21)13-22-16-7-3-2-4-8-16)12-17-14-23-18-9-5-6-10-19(18)24-17/h2-10,15,17,21H,11-14H2,1H3. The van der Waals surface area contributed by atoms with E-state index in [1.54, 1.807) is 0 Å². The number of aliphatic hydroxyl groups excluding tert-OH is 1. The number of hydrogen-bond donors (Lipinski definition) is 1. The molecule has 2 atom stereocenters. The largest absolute Gasteiger partial charge is 0.491 e. The molecule has 2 aromatic carbocycles. The molecule has 2 unspecified atom stereocenters. The van der Waals surface area contributed by atoms with E-state index in [9.17, 15) is 5.11 Å². The molecule has 0 aliphatic carbocycles. The maximum Gasteiger partial charge on any atom is 0.161 e. The number of likely N-dealkylation sites (N-methyl/N-ethyl adjacent to an activating group) is 1. The van der Waals surface area contributed by atoms with Crippen molar-refractivity contribution < 1.29 is 19.3 Å². The molecule has 5 nitrogen and oxygen atoms in total. The third-order valence-electron chi connectivity index (χ3n) is 3.79. The summed E-state index contributed by atoms with van der Waals surface area (Å²) in [6.45, 7) is 1.96. The number of fused-ring (bicyclic) bond motifs is 1. The highest BCUT2D eigenvalue weighted by molar-refractivity contribution is 5.40. The Morgan fingerprint density at radius 3 is 2.62 bits per heavy atom. The van der Waals surface area contributed by atoms with Crippen LogP contribution < -0.4 is 14.2 Å². The van der Waals surface area contributed by atoms with E-state index in [2.05, 4.69) is 0 Å². The van der Waals surface area contributed by atoms with Gasteiger partial charge in [0.25, 0.3) is 0 Å². The molecule has 0 spiro atoms. The minimum atomic E-state index is -0.563. The first-order valence-corrected chi connectivity index (χ1v) is 8.13. The third kappa shape index (κ3) is 4.63. The Morgan fingerprint density at radius 1 is 1.12 bits per heavy atom. The number of hydrogen-bond acceptors (Lipinski definition) is 5. The number of rotatable bonds is 7. The summed E-state index contributed by atoms with van der Waals surface area (Å²) in [4.78, 5) is 2.03. The van der Waals surface area contributed by atoms with E-state index < -0.39 is 6.10 Å². The molecule has 0 fully saturated rings. The Kier molecular flexibility index (Phi) is 5.56. The van der Waals surface area contributed by atoms with Gasteiger partial charge in [0.1, 0.15) is 31.2 Å². The lowest BCUT2D eigenvalue weighted by Crippen LogP contribution is -2.42. The predicted octanol–water partition coefficient (Wildman–Crippen LogP) is 2.20. The van der Waals surface area contributed by atoms with Gasteiger partial charge in [-0.3, -0.25) is 4.90 Å². The predicted molar refractivity (Wildman–Crippen MR) is 91.8 cm³/mol. The van der Waals surface area contributed by atoms with Gasteiger partial charge in [-0.05, 0) is 31.3 Å². The third-order valence-corrected chi connectivity index (χ3v) is 3.79. The van der Waals surface area contributed by atoms with Crippen LogP contribution in [-0.2, 0) is 0 Å². The van der Waals surface area contributed by atoms with Crippen LogP contribution in [0.4, 0.5) is 0 Å².